The van der Waals surface area contributed by atoms with Crippen LogP contribution in [0.25, 0.3) is 0 Å². The Morgan fingerprint density at radius 3 is 2.80 bits per heavy atom. The van der Waals surface area contributed by atoms with Crippen LogP contribution in [0.4, 0.5) is 0 Å². The fourth-order valence-electron chi connectivity index (χ4n) is 2.60. The molecule has 0 aromatic carbocycles. The Morgan fingerprint density at radius 1 is 1.45 bits per heavy atom. The quantitative estimate of drug-likeness (QED) is 0.838. The Hall–Kier alpha value is -0.500. The van der Waals surface area contributed by atoms with Crippen molar-refractivity contribution in [3.05, 3.63) is 17.6 Å². The third kappa shape index (κ3) is 3.58. The van der Waals surface area contributed by atoms with E-state index in [4.69, 9.17) is 4.42 Å². The van der Waals surface area contributed by atoms with Gasteiger partial charge >= 0.3 is 0 Å². The zero-order chi connectivity index (χ0) is 14.8. The lowest BCUT2D eigenvalue weighted by atomic mass is 10.3. The topological polar surface area (TPSA) is 71.3 Å². The van der Waals surface area contributed by atoms with E-state index in [9.17, 15) is 8.42 Å². The number of rotatable bonds is 6. The highest BCUT2D eigenvalue weighted by molar-refractivity contribution is 7.99. The lowest BCUT2D eigenvalue weighted by molar-refractivity contribution is 0.465. The van der Waals surface area contributed by atoms with Gasteiger partial charge in [-0.25, -0.2) is 13.1 Å². The van der Waals surface area contributed by atoms with Crippen LogP contribution in [-0.2, 0) is 16.6 Å². The maximum atomic E-state index is 12.4. The minimum absolute atomic E-state index is 0.0412. The number of hydrogen-bond acceptors (Lipinski definition) is 5. The smallest absolute Gasteiger partial charge is 0.244 e. The zero-order valence-electron chi connectivity index (χ0n) is 12.1. The van der Waals surface area contributed by atoms with Gasteiger partial charge in [0.05, 0.1) is 6.54 Å². The van der Waals surface area contributed by atoms with Crippen LogP contribution in [0.1, 0.15) is 30.8 Å². The maximum Gasteiger partial charge on any atom is 0.244 e. The van der Waals surface area contributed by atoms with Crippen LogP contribution in [0.3, 0.4) is 0 Å². The molecule has 1 aromatic heterocycles. The van der Waals surface area contributed by atoms with Crippen molar-refractivity contribution in [1.82, 2.24) is 10.0 Å². The van der Waals surface area contributed by atoms with Gasteiger partial charge < -0.3 is 9.73 Å². The number of aryl methyl sites for hydroxylation is 1. The Balaban J connectivity index is 2.10. The van der Waals surface area contributed by atoms with Crippen LogP contribution >= 0.6 is 11.8 Å². The molecule has 20 heavy (non-hydrogen) atoms. The molecule has 5 nitrogen and oxygen atoms in total. The van der Waals surface area contributed by atoms with Crippen molar-refractivity contribution in [3.63, 3.8) is 0 Å². The van der Waals surface area contributed by atoms with E-state index < -0.39 is 10.0 Å². The highest BCUT2D eigenvalue weighted by Crippen LogP contribution is 2.29. The summed E-state index contributed by atoms with van der Waals surface area (Å²) in [5.74, 6) is 1.08. The Labute approximate surface area is 124 Å². The third-order valence-electron chi connectivity index (χ3n) is 3.60. The van der Waals surface area contributed by atoms with Crippen LogP contribution in [0, 0.1) is 6.92 Å². The van der Waals surface area contributed by atoms with Gasteiger partial charge in [-0.3, -0.25) is 0 Å². The third-order valence-corrected chi connectivity index (χ3v) is 6.33. The first-order valence-corrected chi connectivity index (χ1v) is 9.52. The number of furan rings is 1. The summed E-state index contributed by atoms with van der Waals surface area (Å²) in [5.41, 5.74) is 0. The number of hydrogen-bond donors (Lipinski definition) is 2. The summed E-state index contributed by atoms with van der Waals surface area (Å²) in [4.78, 5) is 0.260. The molecule has 7 heteroatoms. The van der Waals surface area contributed by atoms with E-state index in [1.54, 1.807) is 20.0 Å². The lowest BCUT2D eigenvalue weighted by Gasteiger charge is -2.12. The van der Waals surface area contributed by atoms with Gasteiger partial charge in [-0.2, -0.15) is 11.8 Å². The van der Waals surface area contributed by atoms with Crippen LogP contribution in [0.5, 0.6) is 0 Å². The number of thioether (sulfide) groups is 1. The Bertz CT molecular complexity index is 554. The summed E-state index contributed by atoms with van der Waals surface area (Å²) in [6.07, 6.45) is 4.96. The van der Waals surface area contributed by atoms with Crippen molar-refractivity contribution in [2.24, 2.45) is 0 Å². The van der Waals surface area contributed by atoms with Gasteiger partial charge in [-0.15, -0.1) is 0 Å². The summed E-state index contributed by atoms with van der Waals surface area (Å²) in [6.45, 7) is 2.21. The second-order valence-corrected chi connectivity index (χ2v) is 7.97. The molecule has 1 aliphatic rings. The zero-order valence-corrected chi connectivity index (χ0v) is 13.7. The summed E-state index contributed by atoms with van der Waals surface area (Å²) in [7, 11) is -1.69. The number of nitrogens with one attached hydrogen (secondary N) is 2. The molecule has 1 aromatic rings. The molecule has 0 radical (unpaired) electrons. The maximum absolute atomic E-state index is 12.4. The predicted octanol–water partition coefficient (Wildman–Crippen LogP) is 1.87. The first kappa shape index (κ1) is 15.9. The fraction of sp³-hybridized carbons (Fsp3) is 0.692. The molecule has 0 spiro atoms. The van der Waals surface area contributed by atoms with Gasteiger partial charge in [-0.1, -0.05) is 0 Å². The van der Waals surface area contributed by atoms with Crippen LogP contribution < -0.4 is 10.0 Å². The van der Waals surface area contributed by atoms with Gasteiger partial charge in [0.15, 0.2) is 0 Å². The summed E-state index contributed by atoms with van der Waals surface area (Å²) in [5, 5.41) is 3.51. The lowest BCUT2D eigenvalue weighted by Crippen LogP contribution is -2.33. The van der Waals surface area contributed by atoms with Gasteiger partial charge in [0.2, 0.25) is 10.0 Å². The monoisotopic (exact) mass is 318 g/mol. The Morgan fingerprint density at radius 2 is 2.20 bits per heavy atom. The molecular formula is C13H22N2O3S2. The van der Waals surface area contributed by atoms with E-state index in [-0.39, 0.29) is 10.9 Å². The van der Waals surface area contributed by atoms with Crippen molar-refractivity contribution >= 4 is 21.8 Å². The van der Waals surface area contributed by atoms with Gasteiger partial charge in [0.25, 0.3) is 0 Å². The molecule has 1 fully saturated rings. The van der Waals surface area contributed by atoms with Crippen LogP contribution in [0.15, 0.2) is 15.4 Å². The molecule has 1 saturated carbocycles. The predicted molar refractivity (Wildman–Crippen MR) is 81.5 cm³/mol. The van der Waals surface area contributed by atoms with Gasteiger partial charge in [-0.05, 0) is 39.5 Å². The molecule has 0 aliphatic heterocycles. The highest BCUT2D eigenvalue weighted by Gasteiger charge is 2.30. The first-order valence-electron chi connectivity index (χ1n) is 6.75. The second-order valence-electron chi connectivity index (χ2n) is 5.15. The average molecular weight is 318 g/mol. The van der Waals surface area contributed by atoms with Crippen LogP contribution in [-0.4, -0.2) is 33.0 Å². The minimum atomic E-state index is -3.48. The molecule has 2 atom stereocenters. The normalized spacial score (nSPS) is 23.4. The number of sulfonamides is 1. The molecule has 2 unspecified atom stereocenters. The van der Waals surface area contributed by atoms with Gasteiger partial charge in [0, 0.05) is 17.4 Å². The first-order chi connectivity index (χ1) is 9.46. The minimum Gasteiger partial charge on any atom is -0.464 e. The van der Waals surface area contributed by atoms with Crippen molar-refractivity contribution in [3.8, 4) is 0 Å². The standard InChI is InChI=1S/C13H22N2O3S2/c1-9-13(7-11(18-9)8-14-2)20(16,17)15-10-4-5-12(6-10)19-3/h7,10,12,14-15H,4-6,8H2,1-3H3. The van der Waals surface area contributed by atoms with Crippen LogP contribution in [0.2, 0.25) is 0 Å². The van der Waals surface area contributed by atoms with E-state index >= 15 is 0 Å². The van der Waals surface area contributed by atoms with E-state index in [0.29, 0.717) is 23.3 Å². The van der Waals surface area contributed by atoms with Gasteiger partial charge in [0.1, 0.15) is 16.4 Å². The Kier molecular flexibility index (Phi) is 5.17. The molecule has 1 aliphatic carbocycles. The van der Waals surface area contributed by atoms with Crippen molar-refractivity contribution < 1.29 is 12.8 Å². The van der Waals surface area contributed by atoms with E-state index in [1.165, 1.54) is 0 Å². The van der Waals surface area contributed by atoms with Crippen molar-refractivity contribution in [2.75, 3.05) is 13.3 Å². The molecule has 2 N–H and O–H groups in total. The molecule has 0 amide bonds. The fourth-order valence-corrected chi connectivity index (χ4v) is 4.88. The molecule has 2 rings (SSSR count). The van der Waals surface area contributed by atoms with E-state index in [0.717, 1.165) is 19.3 Å². The summed E-state index contributed by atoms with van der Waals surface area (Å²) >= 11 is 1.81. The molecule has 0 bridgehead atoms. The average Bonchev–Trinajstić information content (AvgIpc) is 2.96. The molecule has 0 saturated heterocycles. The SMILES string of the molecule is CNCc1cc(S(=O)(=O)NC2CCC(SC)C2)c(C)o1. The molecule has 1 heterocycles. The summed E-state index contributed by atoms with van der Waals surface area (Å²) < 4.78 is 33.1. The molecular weight excluding hydrogens is 296 g/mol. The largest absolute Gasteiger partial charge is 0.464 e. The second kappa shape index (κ2) is 6.51. The van der Waals surface area contributed by atoms with Crippen molar-refractivity contribution in [2.45, 2.75) is 48.9 Å². The highest BCUT2D eigenvalue weighted by atomic mass is 32.2. The van der Waals surface area contributed by atoms with Crippen molar-refractivity contribution in [1.29, 1.82) is 0 Å². The van der Waals surface area contributed by atoms with E-state index in [1.807, 2.05) is 11.8 Å². The molecule has 114 valence electrons. The van der Waals surface area contributed by atoms with E-state index in [2.05, 4.69) is 16.3 Å². The summed E-state index contributed by atoms with van der Waals surface area (Å²) in [6, 6.07) is 1.65.